The Balaban J connectivity index is 1.28. The Hall–Kier alpha value is -1.55. The second kappa shape index (κ2) is 9.07. The summed E-state index contributed by atoms with van der Waals surface area (Å²) in [6, 6.07) is 12.4. The SMILES string of the molecule is CC(NC(=O)C1CCN(Cc2ccc(Cl)cc2Cl)CC1)c1ccc2c(c1)CCC2. The minimum atomic E-state index is 0.0549. The standard InChI is InChI=1S/C24H28Cl2N2O/c1-16(19-6-5-17-3-2-4-20(17)13-19)27-24(29)18-9-11-28(12-10-18)15-21-7-8-22(25)14-23(21)26/h5-8,13-14,16,18H,2-4,9-12,15H2,1H3,(H,27,29). The molecular weight excluding hydrogens is 403 g/mol. The lowest BCUT2D eigenvalue weighted by molar-refractivity contribution is -0.127. The van der Waals surface area contributed by atoms with E-state index in [-0.39, 0.29) is 17.9 Å². The summed E-state index contributed by atoms with van der Waals surface area (Å²) in [6.45, 7) is 4.71. The number of halogens is 2. The second-order valence-electron chi connectivity index (χ2n) is 8.40. The van der Waals surface area contributed by atoms with Crippen LogP contribution in [0.2, 0.25) is 10.0 Å². The first-order chi connectivity index (χ1) is 14.0. The zero-order valence-electron chi connectivity index (χ0n) is 16.9. The molecule has 5 heteroatoms. The second-order valence-corrected chi connectivity index (χ2v) is 9.24. The molecule has 0 spiro atoms. The van der Waals surface area contributed by atoms with Crippen molar-refractivity contribution < 1.29 is 4.79 Å². The lowest BCUT2D eigenvalue weighted by Gasteiger charge is -2.32. The summed E-state index contributed by atoms with van der Waals surface area (Å²) >= 11 is 12.3. The number of nitrogens with zero attached hydrogens (tertiary/aromatic N) is 1. The van der Waals surface area contributed by atoms with Gasteiger partial charge in [0, 0.05) is 22.5 Å². The maximum absolute atomic E-state index is 12.8. The molecule has 4 rings (SSSR count). The van der Waals surface area contributed by atoms with Crippen molar-refractivity contribution in [1.29, 1.82) is 0 Å². The number of aryl methyl sites for hydroxylation is 2. The van der Waals surface area contributed by atoms with E-state index in [1.54, 1.807) is 6.07 Å². The highest BCUT2D eigenvalue weighted by Crippen LogP contribution is 2.27. The van der Waals surface area contributed by atoms with Gasteiger partial charge in [0.05, 0.1) is 6.04 Å². The van der Waals surface area contributed by atoms with Crippen molar-refractivity contribution in [2.45, 2.75) is 51.6 Å². The van der Waals surface area contributed by atoms with Crippen LogP contribution in [0.1, 0.15) is 54.5 Å². The summed E-state index contributed by atoms with van der Waals surface area (Å²) in [5, 5.41) is 4.61. The molecule has 1 aliphatic carbocycles. The molecule has 29 heavy (non-hydrogen) atoms. The van der Waals surface area contributed by atoms with Gasteiger partial charge in [-0.25, -0.2) is 0 Å². The topological polar surface area (TPSA) is 32.3 Å². The summed E-state index contributed by atoms with van der Waals surface area (Å²) in [5.41, 5.74) is 5.23. The quantitative estimate of drug-likeness (QED) is 0.671. The van der Waals surface area contributed by atoms with Gasteiger partial charge in [0.25, 0.3) is 0 Å². The van der Waals surface area contributed by atoms with Gasteiger partial charge in [0.2, 0.25) is 5.91 Å². The van der Waals surface area contributed by atoms with Gasteiger partial charge in [0.1, 0.15) is 0 Å². The van der Waals surface area contributed by atoms with E-state index < -0.39 is 0 Å². The number of carbonyl (C=O) groups excluding carboxylic acids is 1. The maximum atomic E-state index is 12.8. The number of likely N-dealkylation sites (tertiary alicyclic amines) is 1. The molecule has 0 aromatic heterocycles. The first kappa shape index (κ1) is 20.7. The molecule has 0 bridgehead atoms. The average Bonchev–Trinajstić information content (AvgIpc) is 3.18. The summed E-state index contributed by atoms with van der Waals surface area (Å²) in [5.74, 6) is 0.269. The van der Waals surface area contributed by atoms with Gasteiger partial charge in [-0.3, -0.25) is 9.69 Å². The molecule has 1 atom stereocenters. The molecule has 1 N–H and O–H groups in total. The normalized spacial score (nSPS) is 18.4. The molecule has 1 unspecified atom stereocenters. The van der Waals surface area contributed by atoms with E-state index in [2.05, 4.69) is 35.3 Å². The van der Waals surface area contributed by atoms with Crippen LogP contribution in [0.25, 0.3) is 0 Å². The molecule has 2 aromatic carbocycles. The number of amides is 1. The van der Waals surface area contributed by atoms with E-state index in [9.17, 15) is 4.79 Å². The van der Waals surface area contributed by atoms with Gasteiger partial charge < -0.3 is 5.32 Å². The fourth-order valence-corrected chi connectivity index (χ4v) is 4.99. The van der Waals surface area contributed by atoms with Crippen LogP contribution in [-0.2, 0) is 24.2 Å². The van der Waals surface area contributed by atoms with Gasteiger partial charge in [-0.05, 0) is 86.5 Å². The van der Waals surface area contributed by atoms with Gasteiger partial charge in [-0.1, -0.05) is 47.5 Å². The van der Waals surface area contributed by atoms with Crippen LogP contribution in [-0.4, -0.2) is 23.9 Å². The van der Waals surface area contributed by atoms with Crippen molar-refractivity contribution in [2.24, 2.45) is 5.92 Å². The molecule has 2 aliphatic rings. The Labute approximate surface area is 183 Å². The van der Waals surface area contributed by atoms with Crippen molar-refractivity contribution in [2.75, 3.05) is 13.1 Å². The van der Waals surface area contributed by atoms with Crippen molar-refractivity contribution in [1.82, 2.24) is 10.2 Å². The van der Waals surface area contributed by atoms with Crippen molar-refractivity contribution in [3.8, 4) is 0 Å². The van der Waals surface area contributed by atoms with E-state index in [0.29, 0.717) is 10.0 Å². The molecule has 1 fully saturated rings. The summed E-state index contributed by atoms with van der Waals surface area (Å²) < 4.78 is 0. The van der Waals surface area contributed by atoms with Gasteiger partial charge in [0.15, 0.2) is 0 Å². The number of rotatable bonds is 5. The Morgan fingerprint density at radius 1 is 1.10 bits per heavy atom. The third-order valence-electron chi connectivity index (χ3n) is 6.35. The minimum absolute atomic E-state index is 0.0549. The zero-order chi connectivity index (χ0) is 20.4. The minimum Gasteiger partial charge on any atom is -0.349 e. The number of fused-ring (bicyclic) bond motifs is 1. The van der Waals surface area contributed by atoms with E-state index in [1.165, 1.54) is 36.0 Å². The third kappa shape index (κ3) is 4.96. The van der Waals surface area contributed by atoms with Crippen LogP contribution in [0.5, 0.6) is 0 Å². The van der Waals surface area contributed by atoms with Gasteiger partial charge in [-0.15, -0.1) is 0 Å². The highest BCUT2D eigenvalue weighted by molar-refractivity contribution is 6.35. The largest absolute Gasteiger partial charge is 0.349 e. The number of benzene rings is 2. The van der Waals surface area contributed by atoms with Crippen LogP contribution in [0.15, 0.2) is 36.4 Å². The van der Waals surface area contributed by atoms with E-state index >= 15 is 0 Å². The predicted octanol–water partition coefficient (Wildman–Crippen LogP) is 5.57. The maximum Gasteiger partial charge on any atom is 0.223 e. The van der Waals surface area contributed by atoms with Crippen LogP contribution in [0, 0.1) is 5.92 Å². The summed E-state index contributed by atoms with van der Waals surface area (Å²) in [7, 11) is 0. The van der Waals surface area contributed by atoms with Gasteiger partial charge >= 0.3 is 0 Å². The van der Waals surface area contributed by atoms with E-state index in [0.717, 1.165) is 38.0 Å². The lowest BCUT2D eigenvalue weighted by Crippen LogP contribution is -2.40. The Kier molecular flexibility index (Phi) is 6.48. The Bertz CT molecular complexity index is 890. The smallest absolute Gasteiger partial charge is 0.223 e. The Morgan fingerprint density at radius 2 is 1.86 bits per heavy atom. The van der Waals surface area contributed by atoms with Crippen LogP contribution in [0.3, 0.4) is 0 Å². The highest BCUT2D eigenvalue weighted by atomic mass is 35.5. The van der Waals surface area contributed by atoms with Crippen LogP contribution in [0.4, 0.5) is 0 Å². The summed E-state index contributed by atoms with van der Waals surface area (Å²) in [6.07, 6.45) is 5.37. The molecule has 1 heterocycles. The number of hydrogen-bond acceptors (Lipinski definition) is 2. The first-order valence-corrected chi connectivity index (χ1v) is 11.3. The Morgan fingerprint density at radius 3 is 2.62 bits per heavy atom. The van der Waals surface area contributed by atoms with Crippen LogP contribution < -0.4 is 5.32 Å². The van der Waals surface area contributed by atoms with Crippen molar-refractivity contribution in [3.63, 3.8) is 0 Å². The molecular formula is C24H28Cl2N2O. The van der Waals surface area contributed by atoms with Gasteiger partial charge in [-0.2, -0.15) is 0 Å². The molecule has 3 nitrogen and oxygen atoms in total. The fraction of sp³-hybridized carbons (Fsp3) is 0.458. The molecule has 1 amide bonds. The molecule has 2 aromatic rings. The van der Waals surface area contributed by atoms with E-state index in [1.807, 2.05) is 12.1 Å². The molecule has 1 aliphatic heterocycles. The number of hydrogen-bond donors (Lipinski definition) is 1. The number of carbonyl (C=O) groups is 1. The predicted molar refractivity (Wildman–Crippen MR) is 119 cm³/mol. The lowest BCUT2D eigenvalue weighted by atomic mass is 9.94. The fourth-order valence-electron chi connectivity index (χ4n) is 4.52. The monoisotopic (exact) mass is 430 g/mol. The third-order valence-corrected chi connectivity index (χ3v) is 6.94. The van der Waals surface area contributed by atoms with Crippen molar-refractivity contribution >= 4 is 29.1 Å². The number of piperidine rings is 1. The molecule has 0 radical (unpaired) electrons. The highest BCUT2D eigenvalue weighted by Gasteiger charge is 2.26. The van der Waals surface area contributed by atoms with Crippen molar-refractivity contribution in [3.05, 3.63) is 68.7 Å². The summed E-state index contributed by atoms with van der Waals surface area (Å²) in [4.78, 5) is 15.2. The van der Waals surface area contributed by atoms with Crippen LogP contribution >= 0.6 is 23.2 Å². The first-order valence-electron chi connectivity index (χ1n) is 10.6. The zero-order valence-corrected chi connectivity index (χ0v) is 18.4. The van der Waals surface area contributed by atoms with E-state index in [4.69, 9.17) is 23.2 Å². The molecule has 154 valence electrons. The molecule has 1 saturated heterocycles. The number of nitrogens with one attached hydrogen (secondary N) is 1. The average molecular weight is 431 g/mol. The molecule has 0 saturated carbocycles.